The Balaban J connectivity index is 2.69. The highest BCUT2D eigenvalue weighted by molar-refractivity contribution is 5.77. The van der Waals surface area contributed by atoms with E-state index in [2.05, 4.69) is 37.0 Å². The summed E-state index contributed by atoms with van der Waals surface area (Å²) in [6.07, 6.45) is 0. The summed E-state index contributed by atoms with van der Waals surface area (Å²) in [6, 6.07) is 8.26. The van der Waals surface area contributed by atoms with Crippen molar-refractivity contribution in [1.82, 2.24) is 9.55 Å². The molecule has 0 aliphatic heterocycles. The van der Waals surface area contributed by atoms with E-state index in [1.54, 1.807) is 0 Å². The Labute approximate surface area is 89.0 Å². The maximum absolute atomic E-state index is 8.86. The monoisotopic (exact) mass is 199 g/mol. The summed E-state index contributed by atoms with van der Waals surface area (Å²) in [7, 11) is 1.86. The number of hydrogen-bond acceptors (Lipinski definition) is 2. The van der Waals surface area contributed by atoms with Gasteiger partial charge in [0, 0.05) is 7.05 Å². The minimum Gasteiger partial charge on any atom is -0.319 e. The average molecular weight is 199 g/mol. The van der Waals surface area contributed by atoms with Crippen LogP contribution >= 0.6 is 0 Å². The van der Waals surface area contributed by atoms with Crippen molar-refractivity contribution < 1.29 is 0 Å². The first kappa shape index (κ1) is 9.72. The van der Waals surface area contributed by atoms with Gasteiger partial charge in [0.05, 0.1) is 11.0 Å². The summed E-state index contributed by atoms with van der Waals surface area (Å²) >= 11 is 0. The molecular formula is C12H13N3. The molecule has 0 atom stereocenters. The molecule has 0 saturated carbocycles. The van der Waals surface area contributed by atoms with Crippen molar-refractivity contribution in [3.63, 3.8) is 0 Å². The van der Waals surface area contributed by atoms with Crippen molar-refractivity contribution in [2.45, 2.75) is 19.8 Å². The Morgan fingerprint density at radius 3 is 2.73 bits per heavy atom. The highest BCUT2D eigenvalue weighted by atomic mass is 15.1. The van der Waals surface area contributed by atoms with Crippen molar-refractivity contribution >= 4 is 11.0 Å². The van der Waals surface area contributed by atoms with E-state index < -0.39 is 0 Å². The second-order valence-corrected chi connectivity index (χ2v) is 4.01. The third-order valence-corrected chi connectivity index (χ3v) is 2.67. The smallest absolute Gasteiger partial charge is 0.213 e. The van der Waals surface area contributed by atoms with Gasteiger partial charge in [0.1, 0.15) is 6.07 Å². The molecule has 1 aromatic heterocycles. The molecule has 1 heterocycles. The molecule has 0 saturated heterocycles. The zero-order valence-electron chi connectivity index (χ0n) is 9.15. The first-order chi connectivity index (χ1) is 7.13. The zero-order valence-corrected chi connectivity index (χ0v) is 9.15. The Morgan fingerprint density at radius 2 is 2.13 bits per heavy atom. The van der Waals surface area contributed by atoms with Crippen LogP contribution in [0.1, 0.15) is 31.2 Å². The van der Waals surface area contributed by atoms with Crippen molar-refractivity contribution in [2.75, 3.05) is 0 Å². The highest BCUT2D eigenvalue weighted by Crippen LogP contribution is 2.21. The third-order valence-electron chi connectivity index (χ3n) is 2.67. The van der Waals surface area contributed by atoms with Crippen LogP contribution in [0.3, 0.4) is 0 Å². The Hall–Kier alpha value is -1.82. The number of fused-ring (bicyclic) bond motifs is 1. The normalized spacial score (nSPS) is 10.9. The van der Waals surface area contributed by atoms with Gasteiger partial charge in [-0.3, -0.25) is 0 Å². The Morgan fingerprint density at radius 1 is 1.40 bits per heavy atom. The van der Waals surface area contributed by atoms with Gasteiger partial charge in [0.2, 0.25) is 5.82 Å². The fraction of sp³-hybridized carbons (Fsp3) is 0.333. The highest BCUT2D eigenvalue weighted by Gasteiger charge is 2.08. The molecule has 0 N–H and O–H groups in total. The van der Waals surface area contributed by atoms with Crippen LogP contribution < -0.4 is 0 Å². The molecule has 0 amide bonds. The van der Waals surface area contributed by atoms with E-state index in [4.69, 9.17) is 5.26 Å². The number of rotatable bonds is 1. The molecule has 3 heteroatoms. The molecular weight excluding hydrogens is 186 g/mol. The SMILES string of the molecule is CC(C)c1ccc2c(c1)nc(C#N)n2C. The lowest BCUT2D eigenvalue weighted by molar-refractivity contribution is 0.868. The first-order valence-corrected chi connectivity index (χ1v) is 5.00. The summed E-state index contributed by atoms with van der Waals surface area (Å²) in [5.74, 6) is 0.952. The molecule has 3 nitrogen and oxygen atoms in total. The molecule has 0 aliphatic carbocycles. The molecule has 2 rings (SSSR count). The van der Waals surface area contributed by atoms with E-state index in [0.717, 1.165) is 11.0 Å². The van der Waals surface area contributed by atoms with E-state index in [1.165, 1.54) is 5.56 Å². The van der Waals surface area contributed by atoms with Crippen LogP contribution in [0.15, 0.2) is 18.2 Å². The number of nitrogens with zero attached hydrogens (tertiary/aromatic N) is 3. The van der Waals surface area contributed by atoms with Gasteiger partial charge < -0.3 is 4.57 Å². The van der Waals surface area contributed by atoms with E-state index in [1.807, 2.05) is 17.7 Å². The second kappa shape index (κ2) is 3.39. The van der Waals surface area contributed by atoms with Crippen LogP contribution in [-0.2, 0) is 7.05 Å². The lowest BCUT2D eigenvalue weighted by Gasteiger charge is -2.04. The van der Waals surface area contributed by atoms with Crippen LogP contribution in [0.5, 0.6) is 0 Å². The van der Waals surface area contributed by atoms with E-state index in [0.29, 0.717) is 11.7 Å². The molecule has 0 bridgehead atoms. The average Bonchev–Trinajstić information content (AvgIpc) is 2.55. The van der Waals surface area contributed by atoms with Gasteiger partial charge in [0.15, 0.2) is 0 Å². The van der Waals surface area contributed by atoms with E-state index >= 15 is 0 Å². The standard InChI is InChI=1S/C12H13N3/c1-8(2)9-4-5-11-10(6-9)14-12(7-13)15(11)3/h4-6,8H,1-3H3. The molecule has 76 valence electrons. The van der Waals surface area contributed by atoms with Crippen LogP contribution in [0.4, 0.5) is 0 Å². The quantitative estimate of drug-likeness (QED) is 0.708. The minimum atomic E-state index is 0.464. The van der Waals surface area contributed by atoms with E-state index in [9.17, 15) is 0 Å². The van der Waals surface area contributed by atoms with E-state index in [-0.39, 0.29) is 0 Å². The van der Waals surface area contributed by atoms with Crippen LogP contribution in [0.2, 0.25) is 0 Å². The van der Waals surface area contributed by atoms with Gasteiger partial charge in [-0.1, -0.05) is 19.9 Å². The van der Waals surface area contributed by atoms with Gasteiger partial charge in [-0.15, -0.1) is 0 Å². The van der Waals surface area contributed by atoms with Crippen molar-refractivity contribution in [1.29, 1.82) is 5.26 Å². The summed E-state index contributed by atoms with van der Waals surface area (Å²) < 4.78 is 1.82. The number of nitriles is 1. The van der Waals surface area contributed by atoms with Gasteiger partial charge in [-0.05, 0) is 23.6 Å². The maximum atomic E-state index is 8.86. The number of hydrogen-bond donors (Lipinski definition) is 0. The lowest BCUT2D eigenvalue weighted by atomic mass is 10.0. The fourth-order valence-electron chi connectivity index (χ4n) is 1.68. The Kier molecular flexibility index (Phi) is 2.20. The second-order valence-electron chi connectivity index (χ2n) is 4.01. The lowest BCUT2D eigenvalue weighted by Crippen LogP contribution is -1.91. The molecule has 0 aliphatic rings. The molecule has 2 aromatic rings. The van der Waals surface area contributed by atoms with Crippen LogP contribution in [-0.4, -0.2) is 9.55 Å². The minimum absolute atomic E-state index is 0.464. The zero-order chi connectivity index (χ0) is 11.0. The molecule has 1 aromatic carbocycles. The fourth-order valence-corrected chi connectivity index (χ4v) is 1.68. The molecule has 0 fully saturated rings. The molecule has 0 spiro atoms. The number of aromatic nitrogens is 2. The molecule has 15 heavy (non-hydrogen) atoms. The summed E-state index contributed by atoms with van der Waals surface area (Å²) in [6.45, 7) is 4.30. The van der Waals surface area contributed by atoms with Crippen LogP contribution in [0.25, 0.3) is 11.0 Å². The van der Waals surface area contributed by atoms with Crippen molar-refractivity contribution in [3.05, 3.63) is 29.6 Å². The van der Waals surface area contributed by atoms with Crippen molar-refractivity contribution in [2.24, 2.45) is 7.05 Å². The summed E-state index contributed by atoms with van der Waals surface area (Å²) in [4.78, 5) is 4.28. The third kappa shape index (κ3) is 1.48. The van der Waals surface area contributed by atoms with Crippen molar-refractivity contribution in [3.8, 4) is 6.07 Å². The van der Waals surface area contributed by atoms with Gasteiger partial charge >= 0.3 is 0 Å². The maximum Gasteiger partial charge on any atom is 0.213 e. The van der Waals surface area contributed by atoms with Gasteiger partial charge in [-0.25, -0.2) is 4.98 Å². The van der Waals surface area contributed by atoms with Crippen LogP contribution in [0, 0.1) is 11.3 Å². The predicted molar refractivity (Wildman–Crippen MR) is 59.5 cm³/mol. The molecule has 0 radical (unpaired) electrons. The summed E-state index contributed by atoms with van der Waals surface area (Å²) in [5.41, 5.74) is 3.17. The topological polar surface area (TPSA) is 41.6 Å². The van der Waals surface area contributed by atoms with Gasteiger partial charge in [-0.2, -0.15) is 5.26 Å². The summed E-state index contributed by atoms with van der Waals surface area (Å²) in [5, 5.41) is 8.86. The number of aryl methyl sites for hydroxylation is 1. The predicted octanol–water partition coefficient (Wildman–Crippen LogP) is 2.57. The Bertz CT molecular complexity index is 544. The first-order valence-electron chi connectivity index (χ1n) is 5.00. The van der Waals surface area contributed by atoms with Gasteiger partial charge in [0.25, 0.3) is 0 Å². The number of benzene rings is 1. The molecule has 0 unspecified atom stereocenters. The number of imidazole rings is 1. The largest absolute Gasteiger partial charge is 0.319 e.